The lowest BCUT2D eigenvalue weighted by Crippen LogP contribution is -2.08. The van der Waals surface area contributed by atoms with Crippen molar-refractivity contribution in [2.75, 3.05) is 19.0 Å². The summed E-state index contributed by atoms with van der Waals surface area (Å²) in [6.07, 6.45) is 3.20. The highest BCUT2D eigenvalue weighted by atomic mass is 32.2. The predicted molar refractivity (Wildman–Crippen MR) is 77.2 cm³/mol. The fourth-order valence-corrected chi connectivity index (χ4v) is 3.27. The molecule has 110 valence electrons. The van der Waals surface area contributed by atoms with Gasteiger partial charge in [0.2, 0.25) is 0 Å². The van der Waals surface area contributed by atoms with Crippen LogP contribution in [-0.4, -0.2) is 33.7 Å². The molecule has 1 aliphatic heterocycles. The van der Waals surface area contributed by atoms with Crippen molar-refractivity contribution in [1.82, 2.24) is 0 Å². The van der Waals surface area contributed by atoms with Gasteiger partial charge in [-0.3, -0.25) is 0 Å². The van der Waals surface area contributed by atoms with Crippen molar-refractivity contribution in [2.24, 2.45) is 0 Å². The lowest BCUT2D eigenvalue weighted by atomic mass is 10.1. The first-order valence-corrected chi connectivity index (χ1v) is 8.40. The van der Waals surface area contributed by atoms with E-state index < -0.39 is 9.84 Å². The summed E-state index contributed by atoms with van der Waals surface area (Å²) in [5.41, 5.74) is 1.05. The molecule has 0 aliphatic carbocycles. The number of hydrogen-bond donors (Lipinski definition) is 0. The molecule has 0 amide bonds. The average molecular weight is 296 g/mol. The Balaban J connectivity index is 1.87. The van der Waals surface area contributed by atoms with Gasteiger partial charge in [-0.15, -0.1) is 0 Å². The van der Waals surface area contributed by atoms with Gasteiger partial charge in [-0.25, -0.2) is 8.42 Å². The molecule has 0 unspecified atom stereocenters. The third-order valence-electron chi connectivity index (χ3n) is 3.22. The van der Waals surface area contributed by atoms with Gasteiger partial charge in [0, 0.05) is 6.42 Å². The molecule has 0 radical (unpaired) electrons. The second-order valence-corrected chi connectivity index (χ2v) is 6.89. The van der Waals surface area contributed by atoms with Crippen LogP contribution in [0.4, 0.5) is 0 Å². The van der Waals surface area contributed by atoms with E-state index in [0.29, 0.717) is 18.1 Å². The molecule has 1 saturated heterocycles. The lowest BCUT2D eigenvalue weighted by Gasteiger charge is -2.08. The third-order valence-corrected chi connectivity index (χ3v) is 4.81. The van der Waals surface area contributed by atoms with E-state index in [0.717, 1.165) is 18.4 Å². The number of allylic oxidation sites excluding steroid dienone is 1. The molecule has 0 spiro atoms. The van der Waals surface area contributed by atoms with Crippen molar-refractivity contribution in [1.29, 1.82) is 0 Å². The summed E-state index contributed by atoms with van der Waals surface area (Å²) >= 11 is 0. The van der Waals surface area contributed by atoms with Crippen LogP contribution in [0, 0.1) is 0 Å². The quantitative estimate of drug-likeness (QED) is 0.757. The number of ether oxygens (including phenoxy) is 2. The normalized spacial score (nSPS) is 17.6. The summed E-state index contributed by atoms with van der Waals surface area (Å²) in [6.45, 7) is 3.24. The standard InChI is InChI=1S/C15H20O4S/c1-13(7-8-15-18-10-11-19-15)9-12-20(16,17)14-5-3-2-4-6-14/h2-6,9,15H,7-8,10-12H2,1H3. The Bertz CT molecular complexity index is 542. The van der Waals surface area contributed by atoms with Crippen molar-refractivity contribution < 1.29 is 17.9 Å². The van der Waals surface area contributed by atoms with Crippen molar-refractivity contribution in [3.05, 3.63) is 42.0 Å². The largest absolute Gasteiger partial charge is 0.350 e. The van der Waals surface area contributed by atoms with E-state index in [4.69, 9.17) is 9.47 Å². The molecule has 0 saturated carbocycles. The summed E-state index contributed by atoms with van der Waals surface area (Å²) in [5, 5.41) is 0. The molecular weight excluding hydrogens is 276 g/mol. The van der Waals surface area contributed by atoms with E-state index >= 15 is 0 Å². The van der Waals surface area contributed by atoms with E-state index in [1.807, 2.05) is 13.0 Å². The van der Waals surface area contributed by atoms with E-state index in [9.17, 15) is 8.42 Å². The van der Waals surface area contributed by atoms with Gasteiger partial charge in [0.05, 0.1) is 23.9 Å². The van der Waals surface area contributed by atoms with Crippen molar-refractivity contribution in [2.45, 2.75) is 31.0 Å². The molecule has 5 heteroatoms. The van der Waals surface area contributed by atoms with E-state index in [1.165, 1.54) is 0 Å². The Morgan fingerprint density at radius 3 is 2.55 bits per heavy atom. The highest BCUT2D eigenvalue weighted by Gasteiger charge is 2.16. The number of sulfone groups is 1. The molecule has 1 aromatic carbocycles. The summed E-state index contributed by atoms with van der Waals surface area (Å²) in [4.78, 5) is 0.367. The molecule has 0 bridgehead atoms. The molecule has 20 heavy (non-hydrogen) atoms. The van der Waals surface area contributed by atoms with Crippen LogP contribution in [0.1, 0.15) is 19.8 Å². The molecular formula is C15H20O4S. The second-order valence-electron chi connectivity index (χ2n) is 4.85. The smallest absolute Gasteiger partial charge is 0.181 e. The van der Waals surface area contributed by atoms with Crippen LogP contribution in [0.15, 0.2) is 46.9 Å². The summed E-state index contributed by atoms with van der Waals surface area (Å²) < 4.78 is 34.9. The predicted octanol–water partition coefficient (Wildman–Crippen LogP) is 2.56. The van der Waals surface area contributed by atoms with E-state index in [2.05, 4.69) is 0 Å². The molecule has 4 nitrogen and oxygen atoms in total. The molecule has 1 fully saturated rings. The van der Waals surface area contributed by atoms with Gasteiger partial charge in [0.25, 0.3) is 0 Å². The fourth-order valence-electron chi connectivity index (χ4n) is 2.00. The molecule has 1 aromatic rings. The monoisotopic (exact) mass is 296 g/mol. The van der Waals surface area contributed by atoms with Gasteiger partial charge in [0.15, 0.2) is 16.1 Å². The molecule has 0 atom stereocenters. The Hall–Kier alpha value is -1.17. The SMILES string of the molecule is CC(=CCS(=O)(=O)c1ccccc1)CCC1OCCO1. The lowest BCUT2D eigenvalue weighted by molar-refractivity contribution is -0.0461. The second kappa shape index (κ2) is 7.02. The highest BCUT2D eigenvalue weighted by molar-refractivity contribution is 7.91. The van der Waals surface area contributed by atoms with Gasteiger partial charge < -0.3 is 9.47 Å². The van der Waals surface area contributed by atoms with E-state index in [-0.39, 0.29) is 12.0 Å². The van der Waals surface area contributed by atoms with E-state index in [1.54, 1.807) is 30.3 Å². The number of benzene rings is 1. The zero-order valence-electron chi connectivity index (χ0n) is 11.6. The highest BCUT2D eigenvalue weighted by Crippen LogP contribution is 2.16. The van der Waals surface area contributed by atoms with Crippen LogP contribution in [0.2, 0.25) is 0 Å². The maximum Gasteiger partial charge on any atom is 0.181 e. The van der Waals surface area contributed by atoms with Crippen LogP contribution in [0.3, 0.4) is 0 Å². The Morgan fingerprint density at radius 1 is 1.25 bits per heavy atom. The zero-order chi connectivity index (χ0) is 14.4. The van der Waals surface area contributed by atoms with Crippen molar-refractivity contribution in [3.8, 4) is 0 Å². The average Bonchev–Trinajstić information content (AvgIpc) is 2.97. The zero-order valence-corrected chi connectivity index (χ0v) is 12.4. The van der Waals surface area contributed by atoms with Gasteiger partial charge in [-0.2, -0.15) is 0 Å². The van der Waals surface area contributed by atoms with Crippen LogP contribution in [0.25, 0.3) is 0 Å². The molecule has 0 aromatic heterocycles. The first-order valence-electron chi connectivity index (χ1n) is 6.74. The summed E-state index contributed by atoms with van der Waals surface area (Å²) in [6, 6.07) is 8.52. The van der Waals surface area contributed by atoms with Gasteiger partial charge in [0.1, 0.15) is 0 Å². The summed E-state index contributed by atoms with van der Waals surface area (Å²) in [7, 11) is -3.23. The van der Waals surface area contributed by atoms with Gasteiger partial charge >= 0.3 is 0 Å². The van der Waals surface area contributed by atoms with Crippen molar-refractivity contribution >= 4 is 9.84 Å². The maximum atomic E-state index is 12.1. The molecule has 1 aliphatic rings. The number of hydrogen-bond acceptors (Lipinski definition) is 4. The first-order chi connectivity index (χ1) is 9.58. The molecule has 2 rings (SSSR count). The van der Waals surface area contributed by atoms with Gasteiger partial charge in [-0.05, 0) is 25.5 Å². The Morgan fingerprint density at radius 2 is 1.90 bits per heavy atom. The maximum absolute atomic E-state index is 12.1. The summed E-state index contributed by atoms with van der Waals surface area (Å²) in [5.74, 6) is 0.0369. The molecule has 0 N–H and O–H groups in total. The minimum atomic E-state index is -3.23. The Labute approximate surface area is 120 Å². The van der Waals surface area contributed by atoms with Crippen LogP contribution < -0.4 is 0 Å². The molecule has 1 heterocycles. The fraction of sp³-hybridized carbons (Fsp3) is 0.467. The number of rotatable bonds is 6. The third kappa shape index (κ3) is 4.44. The first kappa shape index (κ1) is 15.2. The van der Waals surface area contributed by atoms with Crippen LogP contribution >= 0.6 is 0 Å². The van der Waals surface area contributed by atoms with Crippen LogP contribution in [0.5, 0.6) is 0 Å². The van der Waals surface area contributed by atoms with Gasteiger partial charge in [-0.1, -0.05) is 29.8 Å². The van der Waals surface area contributed by atoms with Crippen LogP contribution in [-0.2, 0) is 19.3 Å². The topological polar surface area (TPSA) is 52.6 Å². The Kier molecular flexibility index (Phi) is 5.34. The minimum absolute atomic E-state index is 0.0369. The minimum Gasteiger partial charge on any atom is -0.350 e. The van der Waals surface area contributed by atoms with Crippen molar-refractivity contribution in [3.63, 3.8) is 0 Å².